The van der Waals surface area contributed by atoms with Gasteiger partial charge in [0.05, 0.1) is 12.6 Å². The number of rotatable bonds is 6. The van der Waals surface area contributed by atoms with E-state index in [1.165, 1.54) is 16.8 Å². The summed E-state index contributed by atoms with van der Waals surface area (Å²) >= 11 is 0. The maximum atomic E-state index is 5.82. The summed E-state index contributed by atoms with van der Waals surface area (Å²) in [5.41, 5.74) is 7.38. The van der Waals surface area contributed by atoms with Crippen molar-refractivity contribution < 1.29 is 4.74 Å². The normalized spacial score (nSPS) is 22.3. The van der Waals surface area contributed by atoms with Gasteiger partial charge in [-0.3, -0.25) is 4.90 Å². The van der Waals surface area contributed by atoms with Gasteiger partial charge in [-0.15, -0.1) is 0 Å². The molecule has 2 aromatic carbocycles. The van der Waals surface area contributed by atoms with Gasteiger partial charge in [-0.1, -0.05) is 56.3 Å². The van der Waals surface area contributed by atoms with Crippen LogP contribution in [0.4, 0.5) is 0 Å². The summed E-state index contributed by atoms with van der Waals surface area (Å²) in [6, 6.07) is 19.5. The van der Waals surface area contributed by atoms with Crippen molar-refractivity contribution in [3.8, 4) is 5.75 Å². The summed E-state index contributed by atoms with van der Waals surface area (Å²) in [5, 5.41) is 4.65. The van der Waals surface area contributed by atoms with Crippen molar-refractivity contribution in [3.63, 3.8) is 0 Å². The number of fused-ring (bicyclic) bond motifs is 1. The van der Waals surface area contributed by atoms with Crippen molar-refractivity contribution in [2.45, 2.75) is 32.9 Å². The third kappa shape index (κ3) is 4.33. The first kappa shape index (κ1) is 18.1. The number of hydrogen-bond acceptors (Lipinski definition) is 4. The van der Waals surface area contributed by atoms with Gasteiger partial charge in [-0.05, 0) is 29.2 Å². The van der Waals surface area contributed by atoms with Crippen molar-refractivity contribution in [1.82, 2.24) is 10.3 Å². The highest BCUT2D eigenvalue weighted by Gasteiger charge is 2.36. The summed E-state index contributed by atoms with van der Waals surface area (Å²) in [6.07, 6.45) is 1.05. The molecule has 0 amide bonds. The first-order valence-electron chi connectivity index (χ1n) is 10.00. The lowest BCUT2D eigenvalue weighted by Gasteiger charge is -2.33. The lowest BCUT2D eigenvalue weighted by Crippen LogP contribution is -2.41. The molecule has 2 aliphatic rings. The second-order valence-corrected chi connectivity index (χ2v) is 8.06. The first-order chi connectivity index (χ1) is 13.2. The van der Waals surface area contributed by atoms with E-state index in [9.17, 15) is 0 Å². The highest BCUT2D eigenvalue weighted by atomic mass is 16.5. The van der Waals surface area contributed by atoms with Gasteiger partial charge in [-0.2, -0.15) is 5.10 Å². The SMILES string of the molecule is CC(C)COc1ccc(C2NN=C3CCN(Cc4ccccc4)CC32)cc1. The third-order valence-corrected chi connectivity index (χ3v) is 5.39. The number of likely N-dealkylation sites (tertiary alicyclic amines) is 1. The Morgan fingerprint density at radius 2 is 1.89 bits per heavy atom. The molecule has 0 radical (unpaired) electrons. The Morgan fingerprint density at radius 1 is 1.11 bits per heavy atom. The number of benzene rings is 2. The molecule has 2 heterocycles. The summed E-state index contributed by atoms with van der Waals surface area (Å²) in [7, 11) is 0. The zero-order valence-electron chi connectivity index (χ0n) is 16.3. The molecule has 1 fully saturated rings. The Labute approximate surface area is 162 Å². The minimum Gasteiger partial charge on any atom is -0.493 e. The van der Waals surface area contributed by atoms with Crippen molar-refractivity contribution in [1.29, 1.82) is 0 Å². The smallest absolute Gasteiger partial charge is 0.119 e. The van der Waals surface area contributed by atoms with E-state index in [1.807, 2.05) is 0 Å². The van der Waals surface area contributed by atoms with Crippen LogP contribution in [0.15, 0.2) is 59.7 Å². The van der Waals surface area contributed by atoms with E-state index in [2.05, 4.69) is 83.9 Å². The molecule has 0 bridgehead atoms. The molecule has 0 aromatic heterocycles. The molecular weight excluding hydrogens is 334 g/mol. The summed E-state index contributed by atoms with van der Waals surface area (Å²) in [4.78, 5) is 2.55. The number of hydrogen-bond donors (Lipinski definition) is 1. The second kappa shape index (κ2) is 8.13. The highest BCUT2D eigenvalue weighted by Crippen LogP contribution is 2.33. The Hall–Kier alpha value is -2.33. The summed E-state index contributed by atoms with van der Waals surface area (Å²) < 4.78 is 5.82. The summed E-state index contributed by atoms with van der Waals surface area (Å²) in [6.45, 7) is 8.24. The van der Waals surface area contributed by atoms with E-state index in [0.717, 1.165) is 38.4 Å². The van der Waals surface area contributed by atoms with Crippen molar-refractivity contribution >= 4 is 5.71 Å². The van der Waals surface area contributed by atoms with Crippen LogP contribution < -0.4 is 10.2 Å². The third-order valence-electron chi connectivity index (χ3n) is 5.39. The molecule has 4 rings (SSSR count). The molecule has 4 heteroatoms. The molecule has 2 atom stereocenters. The van der Waals surface area contributed by atoms with Crippen LogP contribution in [0.2, 0.25) is 0 Å². The van der Waals surface area contributed by atoms with Gasteiger partial charge in [0.2, 0.25) is 0 Å². The van der Waals surface area contributed by atoms with Crippen LogP contribution in [0.1, 0.15) is 37.4 Å². The predicted molar refractivity (Wildman–Crippen MR) is 110 cm³/mol. The number of nitrogens with one attached hydrogen (secondary N) is 1. The molecule has 142 valence electrons. The molecule has 0 aliphatic carbocycles. The van der Waals surface area contributed by atoms with Gasteiger partial charge < -0.3 is 10.2 Å². The van der Waals surface area contributed by atoms with Gasteiger partial charge >= 0.3 is 0 Å². The predicted octanol–water partition coefficient (Wildman–Crippen LogP) is 4.24. The fourth-order valence-corrected chi connectivity index (χ4v) is 3.94. The zero-order chi connectivity index (χ0) is 18.6. The zero-order valence-corrected chi connectivity index (χ0v) is 16.3. The first-order valence-corrected chi connectivity index (χ1v) is 10.00. The molecule has 0 saturated carbocycles. The molecule has 1 N–H and O–H groups in total. The standard InChI is InChI=1S/C23H29N3O/c1-17(2)16-27-20-10-8-19(9-11-20)23-21-15-26(13-12-22(21)24-25-23)14-18-6-4-3-5-7-18/h3-11,17,21,23,25H,12-16H2,1-2H3. The Kier molecular flexibility index (Phi) is 5.44. The Balaban J connectivity index is 1.41. The van der Waals surface area contributed by atoms with Gasteiger partial charge in [-0.25, -0.2) is 0 Å². The second-order valence-electron chi connectivity index (χ2n) is 8.06. The van der Waals surface area contributed by atoms with Crippen molar-refractivity contribution in [3.05, 3.63) is 65.7 Å². The fraction of sp³-hybridized carbons (Fsp3) is 0.435. The monoisotopic (exact) mass is 363 g/mol. The minimum absolute atomic E-state index is 0.262. The average molecular weight is 364 g/mol. The summed E-state index contributed by atoms with van der Waals surface area (Å²) in [5.74, 6) is 1.93. The van der Waals surface area contributed by atoms with Crippen molar-refractivity contribution in [2.24, 2.45) is 16.9 Å². The molecule has 2 aromatic rings. The molecular formula is C23H29N3O. The average Bonchev–Trinajstić information content (AvgIpc) is 3.11. The lowest BCUT2D eigenvalue weighted by molar-refractivity contribution is 0.220. The van der Waals surface area contributed by atoms with E-state index in [4.69, 9.17) is 4.74 Å². The Bertz CT molecular complexity index is 770. The van der Waals surface area contributed by atoms with Crippen LogP contribution in [0.3, 0.4) is 0 Å². The number of ether oxygens (including phenoxy) is 1. The van der Waals surface area contributed by atoms with Crippen molar-refractivity contribution in [2.75, 3.05) is 19.7 Å². The highest BCUT2D eigenvalue weighted by molar-refractivity contribution is 5.89. The number of piperidine rings is 1. The molecule has 27 heavy (non-hydrogen) atoms. The maximum absolute atomic E-state index is 5.82. The van der Waals surface area contributed by atoms with Crippen LogP contribution in [0.5, 0.6) is 5.75 Å². The number of nitrogens with zero attached hydrogens (tertiary/aromatic N) is 2. The molecule has 0 spiro atoms. The van der Waals surface area contributed by atoms with Gasteiger partial charge in [0.25, 0.3) is 0 Å². The van der Waals surface area contributed by atoms with Crippen LogP contribution in [-0.4, -0.2) is 30.3 Å². The van der Waals surface area contributed by atoms with Gasteiger partial charge in [0.1, 0.15) is 5.75 Å². The maximum Gasteiger partial charge on any atom is 0.119 e. The minimum atomic E-state index is 0.262. The van der Waals surface area contributed by atoms with E-state index in [-0.39, 0.29) is 6.04 Å². The number of hydrazone groups is 1. The van der Waals surface area contributed by atoms with E-state index in [1.54, 1.807) is 0 Å². The lowest BCUT2D eigenvalue weighted by atomic mass is 9.86. The van der Waals surface area contributed by atoms with E-state index in [0.29, 0.717) is 11.8 Å². The van der Waals surface area contributed by atoms with Crippen LogP contribution in [0, 0.1) is 11.8 Å². The topological polar surface area (TPSA) is 36.9 Å². The van der Waals surface area contributed by atoms with Crippen LogP contribution >= 0.6 is 0 Å². The van der Waals surface area contributed by atoms with Crippen LogP contribution in [0.25, 0.3) is 0 Å². The molecule has 1 saturated heterocycles. The largest absolute Gasteiger partial charge is 0.493 e. The van der Waals surface area contributed by atoms with E-state index < -0.39 is 0 Å². The van der Waals surface area contributed by atoms with Gasteiger partial charge in [0.15, 0.2) is 0 Å². The van der Waals surface area contributed by atoms with E-state index >= 15 is 0 Å². The molecule has 2 aliphatic heterocycles. The fourth-order valence-electron chi connectivity index (χ4n) is 3.94. The van der Waals surface area contributed by atoms with Gasteiger partial charge in [0, 0.05) is 37.7 Å². The molecule has 4 nitrogen and oxygen atoms in total. The molecule has 2 unspecified atom stereocenters. The quantitative estimate of drug-likeness (QED) is 0.834. The van der Waals surface area contributed by atoms with Crippen LogP contribution in [-0.2, 0) is 6.54 Å². The Morgan fingerprint density at radius 3 is 2.63 bits per heavy atom.